The molecule has 1 amide bonds. The fourth-order valence-electron chi connectivity index (χ4n) is 0.993. The molecule has 15 heavy (non-hydrogen) atoms. The molecule has 0 rings (SSSR count). The van der Waals surface area contributed by atoms with E-state index < -0.39 is 24.0 Å². The maximum absolute atomic E-state index is 11.4. The van der Waals surface area contributed by atoms with Crippen molar-refractivity contribution in [1.29, 1.82) is 0 Å². The SMILES string of the molecule is CCC(NC(=O)[C@H](N)CCSC)C(=O)O. The Bertz CT molecular complexity index is 223. The van der Waals surface area contributed by atoms with E-state index in [9.17, 15) is 9.59 Å². The summed E-state index contributed by atoms with van der Waals surface area (Å²) in [5, 5.41) is 11.1. The molecule has 5 nitrogen and oxygen atoms in total. The fourth-order valence-corrected chi connectivity index (χ4v) is 1.48. The number of carbonyl (C=O) groups is 2. The molecule has 2 atom stereocenters. The summed E-state index contributed by atoms with van der Waals surface area (Å²) < 4.78 is 0. The van der Waals surface area contributed by atoms with E-state index in [1.54, 1.807) is 18.7 Å². The van der Waals surface area contributed by atoms with Crippen LogP contribution in [0.3, 0.4) is 0 Å². The monoisotopic (exact) mass is 234 g/mol. The van der Waals surface area contributed by atoms with E-state index in [0.717, 1.165) is 5.75 Å². The van der Waals surface area contributed by atoms with Gasteiger partial charge in [0.2, 0.25) is 5.91 Å². The van der Waals surface area contributed by atoms with E-state index in [-0.39, 0.29) is 0 Å². The minimum atomic E-state index is -1.03. The molecule has 0 aliphatic heterocycles. The standard InChI is InChI=1S/C9H18N2O3S/c1-3-7(9(13)14)11-8(12)6(10)4-5-15-2/h6-7H,3-5,10H2,1-2H3,(H,11,12)(H,13,14)/t6-,7?/m1/s1. The number of rotatable bonds is 7. The Hall–Kier alpha value is -0.750. The summed E-state index contributed by atoms with van der Waals surface area (Å²) in [5.74, 6) is -0.625. The number of aliphatic carboxylic acids is 1. The molecule has 88 valence electrons. The summed E-state index contributed by atoms with van der Waals surface area (Å²) in [6.45, 7) is 1.70. The number of carboxylic acid groups (broad SMARTS) is 1. The molecule has 0 radical (unpaired) electrons. The predicted molar refractivity (Wildman–Crippen MR) is 60.8 cm³/mol. The second-order valence-electron chi connectivity index (χ2n) is 3.20. The highest BCUT2D eigenvalue weighted by Crippen LogP contribution is 2.00. The van der Waals surface area contributed by atoms with Crippen molar-refractivity contribution in [3.8, 4) is 0 Å². The maximum atomic E-state index is 11.4. The van der Waals surface area contributed by atoms with Crippen molar-refractivity contribution in [2.45, 2.75) is 31.8 Å². The first-order valence-corrected chi connectivity index (χ1v) is 6.20. The highest BCUT2D eigenvalue weighted by molar-refractivity contribution is 7.98. The van der Waals surface area contributed by atoms with Gasteiger partial charge in [-0.2, -0.15) is 11.8 Å². The lowest BCUT2D eigenvalue weighted by Gasteiger charge is -2.16. The third kappa shape index (κ3) is 5.64. The second-order valence-corrected chi connectivity index (χ2v) is 4.18. The van der Waals surface area contributed by atoms with Crippen molar-refractivity contribution in [3.05, 3.63) is 0 Å². The van der Waals surface area contributed by atoms with E-state index in [0.29, 0.717) is 12.8 Å². The van der Waals surface area contributed by atoms with Crippen LogP contribution in [-0.2, 0) is 9.59 Å². The number of hydrogen-bond donors (Lipinski definition) is 3. The Morgan fingerprint density at radius 1 is 1.53 bits per heavy atom. The Morgan fingerprint density at radius 3 is 2.53 bits per heavy atom. The van der Waals surface area contributed by atoms with E-state index in [4.69, 9.17) is 10.8 Å². The third-order valence-corrected chi connectivity index (χ3v) is 2.64. The first kappa shape index (κ1) is 14.2. The molecule has 4 N–H and O–H groups in total. The molecular weight excluding hydrogens is 216 g/mol. The van der Waals surface area contributed by atoms with Gasteiger partial charge in [-0.25, -0.2) is 4.79 Å². The summed E-state index contributed by atoms with van der Waals surface area (Å²) >= 11 is 1.60. The zero-order chi connectivity index (χ0) is 11.8. The molecular formula is C9H18N2O3S. The Labute approximate surface area is 93.8 Å². The van der Waals surface area contributed by atoms with Crippen molar-refractivity contribution >= 4 is 23.6 Å². The van der Waals surface area contributed by atoms with Gasteiger partial charge in [-0.3, -0.25) is 4.79 Å². The number of nitrogens with two attached hydrogens (primary N) is 1. The Morgan fingerprint density at radius 2 is 2.13 bits per heavy atom. The molecule has 0 aromatic heterocycles. The van der Waals surface area contributed by atoms with Gasteiger partial charge < -0.3 is 16.2 Å². The summed E-state index contributed by atoms with van der Waals surface area (Å²) in [7, 11) is 0. The highest BCUT2D eigenvalue weighted by Gasteiger charge is 2.21. The average molecular weight is 234 g/mol. The van der Waals surface area contributed by atoms with Gasteiger partial charge in [0.05, 0.1) is 6.04 Å². The minimum absolute atomic E-state index is 0.357. The van der Waals surface area contributed by atoms with Crippen molar-refractivity contribution in [1.82, 2.24) is 5.32 Å². The van der Waals surface area contributed by atoms with Crippen LogP contribution in [0.5, 0.6) is 0 Å². The quantitative estimate of drug-likeness (QED) is 0.578. The van der Waals surface area contributed by atoms with Gasteiger partial charge >= 0.3 is 5.97 Å². The number of amides is 1. The molecule has 0 saturated carbocycles. The van der Waals surface area contributed by atoms with Crippen molar-refractivity contribution in [3.63, 3.8) is 0 Å². The van der Waals surface area contributed by atoms with Crippen LogP contribution in [0.25, 0.3) is 0 Å². The largest absolute Gasteiger partial charge is 0.480 e. The molecule has 1 unspecified atom stereocenters. The van der Waals surface area contributed by atoms with Gasteiger partial charge in [0.25, 0.3) is 0 Å². The van der Waals surface area contributed by atoms with Crippen molar-refractivity contribution < 1.29 is 14.7 Å². The number of hydrogen-bond acceptors (Lipinski definition) is 4. The Balaban J connectivity index is 4.04. The normalized spacial score (nSPS) is 14.3. The van der Waals surface area contributed by atoms with Gasteiger partial charge in [0, 0.05) is 0 Å². The van der Waals surface area contributed by atoms with Gasteiger partial charge in [-0.1, -0.05) is 6.92 Å². The lowest BCUT2D eigenvalue weighted by atomic mass is 10.2. The van der Waals surface area contributed by atoms with E-state index in [2.05, 4.69) is 5.32 Å². The van der Waals surface area contributed by atoms with Crippen LogP contribution in [0.2, 0.25) is 0 Å². The van der Waals surface area contributed by atoms with Crippen molar-refractivity contribution in [2.24, 2.45) is 5.73 Å². The average Bonchev–Trinajstić information content (AvgIpc) is 2.21. The number of nitrogens with one attached hydrogen (secondary N) is 1. The second kappa shape index (κ2) is 7.53. The molecule has 0 aliphatic carbocycles. The zero-order valence-electron chi connectivity index (χ0n) is 9.03. The first-order valence-electron chi connectivity index (χ1n) is 4.80. The van der Waals surface area contributed by atoms with E-state index in [1.807, 2.05) is 6.26 Å². The van der Waals surface area contributed by atoms with Gasteiger partial charge in [-0.15, -0.1) is 0 Å². The van der Waals surface area contributed by atoms with Crippen LogP contribution in [-0.4, -0.2) is 41.1 Å². The minimum Gasteiger partial charge on any atom is -0.480 e. The topological polar surface area (TPSA) is 92.4 Å². The first-order chi connectivity index (χ1) is 7.02. The van der Waals surface area contributed by atoms with Gasteiger partial charge in [0.1, 0.15) is 6.04 Å². The van der Waals surface area contributed by atoms with Crippen LogP contribution >= 0.6 is 11.8 Å². The highest BCUT2D eigenvalue weighted by atomic mass is 32.2. The number of thioether (sulfide) groups is 1. The molecule has 0 fully saturated rings. The van der Waals surface area contributed by atoms with Gasteiger partial charge in [-0.05, 0) is 24.9 Å². The van der Waals surface area contributed by atoms with Crippen LogP contribution in [0, 0.1) is 0 Å². The maximum Gasteiger partial charge on any atom is 0.326 e. The predicted octanol–water partition coefficient (Wildman–Crippen LogP) is 0.0462. The van der Waals surface area contributed by atoms with E-state index in [1.165, 1.54) is 0 Å². The number of carbonyl (C=O) groups excluding carboxylic acids is 1. The van der Waals surface area contributed by atoms with Crippen LogP contribution in [0.1, 0.15) is 19.8 Å². The lowest BCUT2D eigenvalue weighted by molar-refractivity contribution is -0.142. The molecule has 0 saturated heterocycles. The zero-order valence-corrected chi connectivity index (χ0v) is 9.84. The molecule has 0 spiro atoms. The van der Waals surface area contributed by atoms with Crippen LogP contribution in [0.4, 0.5) is 0 Å². The summed E-state index contributed by atoms with van der Waals surface area (Å²) in [6.07, 6.45) is 2.84. The fraction of sp³-hybridized carbons (Fsp3) is 0.778. The molecule has 0 bridgehead atoms. The lowest BCUT2D eigenvalue weighted by Crippen LogP contribution is -2.48. The van der Waals surface area contributed by atoms with Gasteiger partial charge in [0.15, 0.2) is 0 Å². The summed E-state index contributed by atoms with van der Waals surface area (Å²) in [5.41, 5.74) is 5.59. The van der Waals surface area contributed by atoms with Crippen LogP contribution in [0.15, 0.2) is 0 Å². The Kier molecular flexibility index (Phi) is 7.15. The molecule has 0 aromatic rings. The van der Waals surface area contributed by atoms with Crippen LogP contribution < -0.4 is 11.1 Å². The molecule has 0 aliphatic rings. The summed E-state index contributed by atoms with van der Waals surface area (Å²) in [6, 6.07) is -1.45. The number of carboxylic acids is 1. The summed E-state index contributed by atoms with van der Waals surface area (Å²) in [4.78, 5) is 22.1. The van der Waals surface area contributed by atoms with E-state index >= 15 is 0 Å². The molecule has 0 heterocycles. The molecule has 0 aromatic carbocycles. The molecule has 6 heteroatoms. The third-order valence-electron chi connectivity index (χ3n) is 1.99. The smallest absolute Gasteiger partial charge is 0.326 e. The van der Waals surface area contributed by atoms with Crippen molar-refractivity contribution in [2.75, 3.05) is 12.0 Å².